The van der Waals surface area contributed by atoms with E-state index in [1.165, 1.54) is 13.2 Å². The second-order valence-electron chi connectivity index (χ2n) is 9.81. The topological polar surface area (TPSA) is 153 Å². The fourth-order valence-corrected chi connectivity index (χ4v) is 5.32. The van der Waals surface area contributed by atoms with Gasteiger partial charge in [0.25, 0.3) is 11.8 Å². The number of nitrogen functional groups attached to an aromatic ring is 2. The van der Waals surface area contributed by atoms with Crippen LogP contribution in [0.2, 0.25) is 10.0 Å². The van der Waals surface area contributed by atoms with E-state index < -0.39 is 0 Å². The van der Waals surface area contributed by atoms with Crippen LogP contribution in [0.5, 0.6) is 11.5 Å². The van der Waals surface area contributed by atoms with Crippen LogP contribution in [0.3, 0.4) is 0 Å². The van der Waals surface area contributed by atoms with E-state index in [-0.39, 0.29) is 11.8 Å². The van der Waals surface area contributed by atoms with Gasteiger partial charge in [0, 0.05) is 43.2 Å². The van der Waals surface area contributed by atoms with Crippen LogP contribution < -0.4 is 42.2 Å². The average Bonchev–Trinajstić information content (AvgIpc) is 3.73. The van der Waals surface area contributed by atoms with Gasteiger partial charge < -0.3 is 42.2 Å². The van der Waals surface area contributed by atoms with E-state index in [0.717, 1.165) is 44.3 Å². The van der Waals surface area contributed by atoms with Gasteiger partial charge in [-0.2, -0.15) is 0 Å². The summed E-state index contributed by atoms with van der Waals surface area (Å²) in [6, 6.07) is 5.40. The molecule has 2 atom stereocenters. The van der Waals surface area contributed by atoms with Crippen LogP contribution >= 0.6 is 23.2 Å². The van der Waals surface area contributed by atoms with Crippen molar-refractivity contribution in [1.82, 2.24) is 21.3 Å². The van der Waals surface area contributed by atoms with Gasteiger partial charge in [0.1, 0.15) is 11.5 Å². The SMILES string of the molecule is COc1cc(N)c(Cl)cc1C(=O)NCC1CCCN1.Nc1c(Cl)cc(C(=O)NCC2CCCN2)c2c1CCO2. The predicted molar refractivity (Wildman–Crippen MR) is 154 cm³/mol. The Balaban J connectivity index is 0.000000181. The maximum atomic E-state index is 12.3. The number of carbonyl (C=O) groups is 2. The lowest BCUT2D eigenvalue weighted by molar-refractivity contribution is 0.0939. The van der Waals surface area contributed by atoms with E-state index >= 15 is 0 Å². The van der Waals surface area contributed by atoms with Crippen molar-refractivity contribution in [2.75, 3.05) is 51.4 Å². The zero-order valence-corrected chi connectivity index (χ0v) is 23.5. The largest absolute Gasteiger partial charge is 0.496 e. The first-order valence-electron chi connectivity index (χ1n) is 13.2. The van der Waals surface area contributed by atoms with Gasteiger partial charge in [-0.15, -0.1) is 0 Å². The third-order valence-electron chi connectivity index (χ3n) is 7.12. The lowest BCUT2D eigenvalue weighted by atomic mass is 10.0. The minimum absolute atomic E-state index is 0.154. The van der Waals surface area contributed by atoms with Crippen LogP contribution in [0, 0.1) is 0 Å². The summed E-state index contributed by atoms with van der Waals surface area (Å²) in [5.74, 6) is 0.661. The molecule has 3 aliphatic rings. The summed E-state index contributed by atoms with van der Waals surface area (Å²) in [7, 11) is 1.50. The third-order valence-corrected chi connectivity index (χ3v) is 7.76. The molecule has 2 saturated heterocycles. The molecule has 2 amide bonds. The Hall–Kier alpha value is -2.92. The number of methoxy groups -OCH3 is 1. The van der Waals surface area contributed by atoms with E-state index in [1.54, 1.807) is 12.1 Å². The summed E-state index contributed by atoms with van der Waals surface area (Å²) in [5.41, 5.74) is 14.3. The quantitative estimate of drug-likeness (QED) is 0.274. The Bertz CT molecular complexity index is 1200. The number of nitrogens with two attached hydrogens (primary N) is 2. The molecule has 2 fully saturated rings. The van der Waals surface area contributed by atoms with Crippen molar-refractivity contribution in [1.29, 1.82) is 0 Å². The van der Waals surface area contributed by atoms with Crippen molar-refractivity contribution in [2.45, 2.75) is 44.2 Å². The number of hydrogen-bond donors (Lipinski definition) is 6. The molecule has 2 aromatic carbocycles. The molecule has 0 aliphatic carbocycles. The highest BCUT2D eigenvalue weighted by Gasteiger charge is 2.26. The van der Waals surface area contributed by atoms with Crippen molar-refractivity contribution in [3.63, 3.8) is 0 Å². The van der Waals surface area contributed by atoms with Gasteiger partial charge in [-0.25, -0.2) is 0 Å². The van der Waals surface area contributed by atoms with Crippen molar-refractivity contribution in [3.05, 3.63) is 44.9 Å². The van der Waals surface area contributed by atoms with Crippen LogP contribution in [0.25, 0.3) is 0 Å². The second kappa shape index (κ2) is 13.4. The number of anilines is 2. The molecule has 0 spiro atoms. The molecule has 212 valence electrons. The molecule has 0 radical (unpaired) electrons. The molecule has 12 heteroatoms. The highest BCUT2D eigenvalue weighted by Crippen LogP contribution is 2.38. The Morgan fingerprint density at radius 3 is 2.13 bits per heavy atom. The minimum atomic E-state index is -0.201. The van der Waals surface area contributed by atoms with Crippen LogP contribution in [-0.4, -0.2) is 63.8 Å². The van der Waals surface area contributed by atoms with Gasteiger partial charge in [-0.05, 0) is 50.9 Å². The molecule has 10 nitrogen and oxygen atoms in total. The lowest BCUT2D eigenvalue weighted by Crippen LogP contribution is -2.37. The van der Waals surface area contributed by atoms with Crippen LogP contribution in [-0.2, 0) is 6.42 Å². The smallest absolute Gasteiger partial charge is 0.255 e. The van der Waals surface area contributed by atoms with Gasteiger partial charge in [0.2, 0.25) is 0 Å². The third kappa shape index (κ3) is 7.19. The molecular weight excluding hydrogens is 543 g/mol. The lowest BCUT2D eigenvalue weighted by Gasteiger charge is -2.14. The summed E-state index contributed by atoms with van der Waals surface area (Å²) in [6.07, 6.45) is 5.19. The highest BCUT2D eigenvalue weighted by atomic mass is 35.5. The molecule has 8 N–H and O–H groups in total. The van der Waals surface area contributed by atoms with Crippen molar-refractivity contribution in [3.8, 4) is 11.5 Å². The number of hydrogen-bond acceptors (Lipinski definition) is 8. The number of fused-ring (bicyclic) bond motifs is 1. The normalized spacial score (nSPS) is 19.5. The monoisotopic (exact) mass is 578 g/mol. The summed E-state index contributed by atoms with van der Waals surface area (Å²) in [4.78, 5) is 24.4. The molecule has 3 heterocycles. The first-order valence-corrected chi connectivity index (χ1v) is 13.9. The van der Waals surface area contributed by atoms with Crippen molar-refractivity contribution >= 4 is 46.4 Å². The van der Waals surface area contributed by atoms with Crippen molar-refractivity contribution in [2.24, 2.45) is 0 Å². The summed E-state index contributed by atoms with van der Waals surface area (Å²) >= 11 is 12.0. The van der Waals surface area contributed by atoms with E-state index in [4.69, 9.17) is 44.1 Å². The molecule has 39 heavy (non-hydrogen) atoms. The second-order valence-corrected chi connectivity index (χ2v) is 10.6. The van der Waals surface area contributed by atoms with Gasteiger partial charge in [-0.1, -0.05) is 23.2 Å². The van der Waals surface area contributed by atoms with Gasteiger partial charge >= 0.3 is 0 Å². The number of halogens is 2. The Morgan fingerprint density at radius 1 is 0.974 bits per heavy atom. The molecule has 5 rings (SSSR count). The Labute approximate surface area is 238 Å². The maximum Gasteiger partial charge on any atom is 0.255 e. The van der Waals surface area contributed by atoms with E-state index in [9.17, 15) is 9.59 Å². The molecule has 0 saturated carbocycles. The standard InChI is InChI=1S/C14H18ClN3O2.C13H18ClN3O2/c15-11-6-10(13-9(12(11)16)3-5-20-13)14(19)18-7-8-2-1-4-17-8;1-19-12-6-11(15)10(14)5-9(12)13(18)17-7-8-3-2-4-16-8/h6,8,17H,1-5,7,16H2,(H,18,19);5-6,8,16H,2-4,7,15H2,1H3,(H,17,18). The predicted octanol–water partition coefficient (Wildman–Crippen LogP) is 2.75. The minimum Gasteiger partial charge on any atom is -0.496 e. The molecule has 0 bridgehead atoms. The van der Waals surface area contributed by atoms with Gasteiger partial charge in [-0.3, -0.25) is 9.59 Å². The maximum absolute atomic E-state index is 12.3. The van der Waals surface area contributed by atoms with E-state index in [1.807, 2.05) is 0 Å². The van der Waals surface area contributed by atoms with E-state index in [2.05, 4.69) is 21.3 Å². The van der Waals surface area contributed by atoms with Crippen LogP contribution in [0.4, 0.5) is 11.4 Å². The number of ether oxygens (including phenoxy) is 2. The molecule has 2 unspecified atom stereocenters. The van der Waals surface area contributed by atoms with Crippen molar-refractivity contribution < 1.29 is 19.1 Å². The molecule has 0 aromatic heterocycles. The first-order chi connectivity index (χ1) is 18.8. The summed E-state index contributed by atoms with van der Waals surface area (Å²) < 4.78 is 10.7. The molecular formula is C27H36Cl2N6O4. The fraction of sp³-hybridized carbons (Fsp3) is 0.481. The summed E-state index contributed by atoms with van der Waals surface area (Å²) in [5, 5.41) is 13.2. The van der Waals surface area contributed by atoms with Gasteiger partial charge in [0.15, 0.2) is 0 Å². The molecule has 3 aliphatic heterocycles. The number of nitrogens with one attached hydrogen (secondary N) is 4. The average molecular weight is 580 g/mol. The number of amides is 2. The first kappa shape index (κ1) is 29.1. The summed E-state index contributed by atoms with van der Waals surface area (Å²) in [6.45, 7) is 3.80. The van der Waals surface area contributed by atoms with Crippen LogP contribution in [0.15, 0.2) is 18.2 Å². The zero-order valence-electron chi connectivity index (χ0n) is 22.0. The highest BCUT2D eigenvalue weighted by molar-refractivity contribution is 6.34. The van der Waals surface area contributed by atoms with Crippen LogP contribution in [0.1, 0.15) is 52.0 Å². The fourth-order valence-electron chi connectivity index (χ4n) is 4.94. The number of carbonyl (C=O) groups excluding carboxylic acids is 2. The Morgan fingerprint density at radius 2 is 1.56 bits per heavy atom. The van der Waals surface area contributed by atoms with Gasteiger partial charge in [0.05, 0.1) is 46.3 Å². The van der Waals surface area contributed by atoms with E-state index in [0.29, 0.717) is 82.2 Å². The number of benzene rings is 2. The number of rotatable bonds is 7. The molecule has 2 aromatic rings. The Kier molecular flexibility index (Phi) is 10.0. The zero-order chi connectivity index (χ0) is 27.9.